The molecule has 4 nitrogen and oxygen atoms in total. The summed E-state index contributed by atoms with van der Waals surface area (Å²) in [6.45, 7) is 3.87. The molecule has 0 aromatic carbocycles. The van der Waals surface area contributed by atoms with E-state index < -0.39 is 17.9 Å². The molecule has 0 aromatic rings. The average Bonchev–Trinajstić information content (AvgIpc) is 2.25. The van der Waals surface area contributed by atoms with Crippen LogP contribution in [-0.2, 0) is 0 Å². The summed E-state index contributed by atoms with van der Waals surface area (Å²) >= 11 is 0. The molecule has 1 rings (SSSR count). The number of amidine groups is 1. The lowest BCUT2D eigenvalue weighted by Gasteiger charge is -2.33. The number of hydrogen-bond donors (Lipinski definition) is 3. The minimum Gasteiger partial charge on any atom is -0.409 e. The zero-order valence-electron chi connectivity index (χ0n) is 11.2. The Morgan fingerprint density at radius 3 is 2.26 bits per heavy atom. The van der Waals surface area contributed by atoms with Crippen molar-refractivity contribution in [3.8, 4) is 0 Å². The van der Waals surface area contributed by atoms with Crippen molar-refractivity contribution in [2.45, 2.75) is 45.3 Å². The predicted molar refractivity (Wildman–Crippen MR) is 66.9 cm³/mol. The van der Waals surface area contributed by atoms with Gasteiger partial charge < -0.3 is 16.3 Å². The Hall–Kier alpha value is -0.980. The van der Waals surface area contributed by atoms with Gasteiger partial charge in [0.05, 0.1) is 0 Å². The van der Waals surface area contributed by atoms with Gasteiger partial charge in [-0.05, 0) is 31.1 Å². The largest absolute Gasteiger partial charge is 0.409 e. The lowest BCUT2D eigenvalue weighted by atomic mass is 9.80. The Morgan fingerprint density at radius 1 is 1.32 bits per heavy atom. The Balaban J connectivity index is 2.57. The summed E-state index contributed by atoms with van der Waals surface area (Å²) < 4.78 is 38.3. The number of nitrogens with two attached hydrogens (primary N) is 1. The first kappa shape index (κ1) is 16.1. The monoisotopic (exact) mass is 281 g/mol. The highest BCUT2D eigenvalue weighted by Gasteiger charge is 2.43. The van der Waals surface area contributed by atoms with E-state index in [4.69, 9.17) is 10.9 Å². The number of alkyl halides is 3. The van der Waals surface area contributed by atoms with Crippen molar-refractivity contribution in [3.63, 3.8) is 0 Å². The smallest absolute Gasteiger partial charge is 0.400 e. The topological polar surface area (TPSA) is 70.6 Å². The van der Waals surface area contributed by atoms with E-state index in [-0.39, 0.29) is 12.6 Å². The number of oxime groups is 1. The molecule has 112 valence electrons. The second-order valence-electron chi connectivity index (χ2n) is 5.64. The number of hydrogen-bond acceptors (Lipinski definition) is 3. The van der Waals surface area contributed by atoms with Crippen molar-refractivity contribution >= 4 is 5.84 Å². The SMILES string of the molecule is CC1CC(C)CC(NCC(C(N)=NO)C(F)(F)F)C1. The second-order valence-corrected chi connectivity index (χ2v) is 5.64. The van der Waals surface area contributed by atoms with Crippen LogP contribution >= 0.6 is 0 Å². The van der Waals surface area contributed by atoms with Crippen LogP contribution < -0.4 is 11.1 Å². The Labute approximate surface area is 111 Å². The first-order valence-electron chi connectivity index (χ1n) is 6.51. The molecule has 0 amide bonds. The molecule has 0 bridgehead atoms. The quantitative estimate of drug-likeness (QED) is 0.320. The fraction of sp³-hybridized carbons (Fsp3) is 0.917. The van der Waals surface area contributed by atoms with Crippen LogP contribution in [0.1, 0.15) is 33.1 Å². The first-order valence-corrected chi connectivity index (χ1v) is 6.51. The van der Waals surface area contributed by atoms with Crippen molar-refractivity contribution in [2.75, 3.05) is 6.54 Å². The predicted octanol–water partition coefficient (Wildman–Crippen LogP) is 2.33. The summed E-state index contributed by atoms with van der Waals surface area (Å²) in [5.41, 5.74) is 5.11. The summed E-state index contributed by atoms with van der Waals surface area (Å²) in [5, 5.41) is 13.8. The molecule has 4 N–H and O–H groups in total. The zero-order valence-corrected chi connectivity index (χ0v) is 11.2. The second kappa shape index (κ2) is 6.45. The van der Waals surface area contributed by atoms with Gasteiger partial charge in [-0.25, -0.2) is 0 Å². The van der Waals surface area contributed by atoms with Crippen molar-refractivity contribution < 1.29 is 18.4 Å². The summed E-state index contributed by atoms with van der Waals surface area (Å²) in [6.07, 6.45) is -1.66. The molecule has 0 aliphatic heterocycles. The number of halogens is 3. The number of rotatable bonds is 4. The van der Waals surface area contributed by atoms with E-state index in [1.165, 1.54) is 0 Å². The fourth-order valence-electron chi connectivity index (χ4n) is 2.86. The highest BCUT2D eigenvalue weighted by atomic mass is 19.4. The van der Waals surface area contributed by atoms with Crippen LogP contribution in [0.15, 0.2) is 5.16 Å². The van der Waals surface area contributed by atoms with E-state index in [1.807, 2.05) is 0 Å². The fourth-order valence-corrected chi connectivity index (χ4v) is 2.86. The maximum atomic E-state index is 12.8. The third-order valence-corrected chi connectivity index (χ3v) is 3.66. The molecule has 0 aromatic heterocycles. The molecule has 1 aliphatic carbocycles. The standard InChI is InChI=1S/C12H22F3N3O/c1-7-3-8(2)5-9(4-7)17-6-10(11(16)18-19)12(13,14)15/h7-10,17,19H,3-6H2,1-2H3,(H2,16,18). The van der Waals surface area contributed by atoms with Crippen LogP contribution in [-0.4, -0.2) is 29.8 Å². The molecular formula is C12H22F3N3O. The molecule has 3 unspecified atom stereocenters. The summed E-state index contributed by atoms with van der Waals surface area (Å²) in [6, 6.07) is 0.0649. The normalized spacial score (nSPS) is 31.2. The van der Waals surface area contributed by atoms with Gasteiger partial charge in [0.2, 0.25) is 0 Å². The van der Waals surface area contributed by atoms with E-state index >= 15 is 0 Å². The maximum Gasteiger partial charge on any atom is 0.400 e. The molecule has 0 saturated heterocycles. The lowest BCUT2D eigenvalue weighted by Crippen LogP contribution is -2.46. The van der Waals surface area contributed by atoms with Gasteiger partial charge in [0.15, 0.2) is 5.84 Å². The number of nitrogens with zero attached hydrogens (tertiary/aromatic N) is 1. The van der Waals surface area contributed by atoms with Gasteiger partial charge in [-0.15, -0.1) is 0 Å². The van der Waals surface area contributed by atoms with Crippen molar-refractivity contribution in [1.82, 2.24) is 5.32 Å². The molecule has 3 atom stereocenters. The van der Waals surface area contributed by atoms with Crippen LogP contribution in [0.4, 0.5) is 13.2 Å². The maximum absolute atomic E-state index is 12.8. The van der Waals surface area contributed by atoms with E-state index in [9.17, 15) is 13.2 Å². The molecule has 19 heavy (non-hydrogen) atoms. The van der Waals surface area contributed by atoms with E-state index in [0.29, 0.717) is 11.8 Å². The van der Waals surface area contributed by atoms with Gasteiger partial charge in [0, 0.05) is 12.6 Å². The van der Waals surface area contributed by atoms with E-state index in [1.54, 1.807) is 0 Å². The van der Waals surface area contributed by atoms with Crippen LogP contribution in [0.3, 0.4) is 0 Å². The zero-order chi connectivity index (χ0) is 14.6. The van der Waals surface area contributed by atoms with Crippen LogP contribution in [0, 0.1) is 17.8 Å². The van der Waals surface area contributed by atoms with Gasteiger partial charge in [-0.2, -0.15) is 13.2 Å². The third kappa shape index (κ3) is 4.89. The van der Waals surface area contributed by atoms with Crippen LogP contribution in [0.5, 0.6) is 0 Å². The first-order chi connectivity index (χ1) is 8.74. The molecular weight excluding hydrogens is 259 g/mol. The van der Waals surface area contributed by atoms with Crippen molar-refractivity contribution in [3.05, 3.63) is 0 Å². The summed E-state index contributed by atoms with van der Waals surface area (Å²) in [5.74, 6) is -1.72. The molecule has 1 fully saturated rings. The highest BCUT2D eigenvalue weighted by Crippen LogP contribution is 2.30. The van der Waals surface area contributed by atoms with Crippen LogP contribution in [0.25, 0.3) is 0 Å². The third-order valence-electron chi connectivity index (χ3n) is 3.66. The summed E-state index contributed by atoms with van der Waals surface area (Å²) in [4.78, 5) is 0. The van der Waals surface area contributed by atoms with Crippen molar-refractivity contribution in [2.24, 2.45) is 28.6 Å². The Bertz CT molecular complexity index is 310. The molecule has 0 radical (unpaired) electrons. The number of nitrogens with one attached hydrogen (secondary N) is 1. The van der Waals surface area contributed by atoms with Gasteiger partial charge >= 0.3 is 6.18 Å². The van der Waals surface area contributed by atoms with Gasteiger partial charge in [-0.1, -0.05) is 19.0 Å². The molecule has 1 saturated carbocycles. The van der Waals surface area contributed by atoms with E-state index in [0.717, 1.165) is 19.3 Å². The van der Waals surface area contributed by atoms with E-state index in [2.05, 4.69) is 24.3 Å². The molecule has 0 heterocycles. The van der Waals surface area contributed by atoms with Gasteiger partial charge in [0.25, 0.3) is 0 Å². The lowest BCUT2D eigenvalue weighted by molar-refractivity contribution is -0.155. The molecule has 7 heteroatoms. The van der Waals surface area contributed by atoms with Crippen LogP contribution in [0.2, 0.25) is 0 Å². The van der Waals surface area contributed by atoms with Gasteiger partial charge in [-0.3, -0.25) is 0 Å². The summed E-state index contributed by atoms with van der Waals surface area (Å²) in [7, 11) is 0. The Kier molecular flexibility index (Phi) is 5.46. The van der Waals surface area contributed by atoms with Gasteiger partial charge in [0.1, 0.15) is 5.92 Å². The molecule has 1 aliphatic rings. The highest BCUT2D eigenvalue weighted by molar-refractivity contribution is 5.83. The average molecular weight is 281 g/mol. The Morgan fingerprint density at radius 2 is 1.84 bits per heavy atom. The minimum absolute atomic E-state index is 0.0649. The molecule has 0 spiro atoms. The van der Waals surface area contributed by atoms with Crippen molar-refractivity contribution in [1.29, 1.82) is 0 Å². The minimum atomic E-state index is -4.50.